The van der Waals surface area contributed by atoms with Gasteiger partial charge in [-0.1, -0.05) is 0 Å². The smallest absolute Gasteiger partial charge is 0.00699 e. The first-order valence-corrected chi connectivity index (χ1v) is 3.63. The Labute approximate surface area is 50.3 Å². The quantitative estimate of drug-likeness (QED) is 0.498. The molecular weight excluding hydrogens is 98.1 g/mol. The molecule has 0 heterocycles. The molecule has 2 saturated carbocycles. The zero-order chi connectivity index (χ0) is 5.56. The first-order chi connectivity index (χ1) is 3.88. The zero-order valence-corrected chi connectivity index (χ0v) is 5.14. The molecule has 2 aliphatic carbocycles. The van der Waals surface area contributed by atoms with E-state index in [0.717, 1.165) is 11.8 Å². The molecule has 2 N–H and O–H groups in total. The summed E-state index contributed by atoms with van der Waals surface area (Å²) in [7, 11) is 0. The minimum absolute atomic E-state index is 0.578. The van der Waals surface area contributed by atoms with Crippen molar-refractivity contribution in [3.8, 4) is 0 Å². The normalized spacial score (nSPS) is 52.9. The predicted octanol–water partition coefficient (Wildman–Crippen LogP) is 1.13. The summed E-state index contributed by atoms with van der Waals surface area (Å²) in [5.41, 5.74) is 5.82. The first-order valence-electron chi connectivity index (χ1n) is 3.63. The lowest BCUT2D eigenvalue weighted by atomic mass is 9.75. The minimum Gasteiger partial charge on any atom is -0.327 e. The first kappa shape index (κ1) is 4.80. The van der Waals surface area contributed by atoms with E-state index in [-0.39, 0.29) is 0 Å². The van der Waals surface area contributed by atoms with Crippen molar-refractivity contribution in [2.45, 2.75) is 31.7 Å². The molecule has 8 heavy (non-hydrogen) atoms. The third kappa shape index (κ3) is 0.455. The maximum atomic E-state index is 5.82. The average Bonchev–Trinajstić information content (AvgIpc) is 1.80. The van der Waals surface area contributed by atoms with Gasteiger partial charge >= 0.3 is 0 Å². The Kier molecular flexibility index (Phi) is 0.884. The van der Waals surface area contributed by atoms with Crippen molar-refractivity contribution in [2.24, 2.45) is 17.6 Å². The van der Waals surface area contributed by atoms with Gasteiger partial charge in [-0.3, -0.25) is 0 Å². The van der Waals surface area contributed by atoms with Crippen molar-refractivity contribution in [1.29, 1.82) is 0 Å². The lowest BCUT2D eigenvalue weighted by Crippen LogP contribution is -2.33. The maximum Gasteiger partial charge on any atom is 0.00699 e. The summed E-state index contributed by atoms with van der Waals surface area (Å²) in [6.07, 6.45) is 5.62. The molecule has 0 amide bonds. The summed E-state index contributed by atoms with van der Waals surface area (Å²) in [5.74, 6) is 1.99. The molecule has 0 aromatic rings. The van der Waals surface area contributed by atoms with Gasteiger partial charge in [0.1, 0.15) is 0 Å². The lowest BCUT2D eigenvalue weighted by Gasteiger charge is -2.32. The van der Waals surface area contributed by atoms with E-state index >= 15 is 0 Å². The van der Waals surface area contributed by atoms with Crippen LogP contribution >= 0.6 is 0 Å². The summed E-state index contributed by atoms with van der Waals surface area (Å²) in [5, 5.41) is 0. The van der Waals surface area contributed by atoms with E-state index in [0.29, 0.717) is 6.04 Å². The molecule has 2 fully saturated rings. The number of rotatable bonds is 0. The van der Waals surface area contributed by atoms with Crippen molar-refractivity contribution < 1.29 is 0 Å². The lowest BCUT2D eigenvalue weighted by molar-refractivity contribution is 0.202. The molecule has 3 atom stereocenters. The molecule has 0 aromatic carbocycles. The predicted molar refractivity (Wildman–Crippen MR) is 33.4 cm³/mol. The van der Waals surface area contributed by atoms with E-state index in [1.165, 1.54) is 25.7 Å². The van der Waals surface area contributed by atoms with Crippen LogP contribution in [-0.4, -0.2) is 6.04 Å². The fraction of sp³-hybridized carbons (Fsp3) is 1.00. The van der Waals surface area contributed by atoms with Crippen molar-refractivity contribution in [3.63, 3.8) is 0 Å². The van der Waals surface area contributed by atoms with E-state index in [9.17, 15) is 0 Å². The van der Waals surface area contributed by atoms with E-state index in [4.69, 9.17) is 5.73 Å². The fourth-order valence-corrected chi connectivity index (χ4v) is 2.14. The SMILES string of the molecule is NC1CCC2CC[C@H]12. The number of hydrogen-bond donors (Lipinski definition) is 1. The molecule has 0 radical (unpaired) electrons. The molecule has 0 bridgehead atoms. The molecule has 2 aliphatic rings. The molecule has 0 aliphatic heterocycles. The zero-order valence-electron chi connectivity index (χ0n) is 5.14. The fourth-order valence-electron chi connectivity index (χ4n) is 2.14. The Bertz CT molecular complexity index is 94.6. The summed E-state index contributed by atoms with van der Waals surface area (Å²) in [6, 6.07) is 0.578. The van der Waals surface area contributed by atoms with Crippen LogP contribution in [0.4, 0.5) is 0 Å². The monoisotopic (exact) mass is 111 g/mol. The van der Waals surface area contributed by atoms with Gasteiger partial charge in [-0.05, 0) is 37.5 Å². The van der Waals surface area contributed by atoms with Crippen LogP contribution in [0.1, 0.15) is 25.7 Å². The molecule has 0 saturated heterocycles. The Morgan fingerprint density at radius 3 is 2.00 bits per heavy atom. The van der Waals surface area contributed by atoms with Crippen LogP contribution in [0.15, 0.2) is 0 Å². The Morgan fingerprint density at radius 2 is 1.75 bits per heavy atom. The largest absolute Gasteiger partial charge is 0.327 e. The van der Waals surface area contributed by atoms with Gasteiger partial charge in [0.05, 0.1) is 0 Å². The summed E-state index contributed by atoms with van der Waals surface area (Å²) >= 11 is 0. The van der Waals surface area contributed by atoms with Crippen LogP contribution in [0.25, 0.3) is 0 Å². The molecule has 0 aromatic heterocycles. The molecule has 0 spiro atoms. The van der Waals surface area contributed by atoms with Crippen LogP contribution < -0.4 is 5.73 Å². The second kappa shape index (κ2) is 1.47. The number of nitrogens with two attached hydrogens (primary N) is 1. The molecule has 2 rings (SSSR count). The Morgan fingerprint density at radius 1 is 1.00 bits per heavy atom. The van der Waals surface area contributed by atoms with Crippen molar-refractivity contribution in [2.75, 3.05) is 0 Å². The van der Waals surface area contributed by atoms with E-state index in [2.05, 4.69) is 0 Å². The van der Waals surface area contributed by atoms with Crippen molar-refractivity contribution >= 4 is 0 Å². The molecular formula is C7H13N. The van der Waals surface area contributed by atoms with Gasteiger partial charge in [-0.15, -0.1) is 0 Å². The standard InChI is InChI=1S/C7H13N/c8-7-4-2-5-1-3-6(5)7/h5-7H,1-4,8H2/t5?,6-,7?/m0/s1. The second-order valence-corrected chi connectivity index (χ2v) is 3.24. The number of fused-ring (bicyclic) bond motifs is 1. The number of hydrogen-bond acceptors (Lipinski definition) is 1. The van der Waals surface area contributed by atoms with Gasteiger partial charge in [-0.2, -0.15) is 0 Å². The van der Waals surface area contributed by atoms with Gasteiger partial charge in [0, 0.05) is 6.04 Å². The average molecular weight is 111 g/mol. The van der Waals surface area contributed by atoms with Gasteiger partial charge in [0.2, 0.25) is 0 Å². The van der Waals surface area contributed by atoms with Crippen LogP contribution in [-0.2, 0) is 0 Å². The molecule has 46 valence electrons. The highest BCUT2D eigenvalue weighted by Crippen LogP contribution is 2.45. The third-order valence-corrected chi connectivity index (χ3v) is 2.90. The molecule has 2 unspecified atom stereocenters. The highest BCUT2D eigenvalue weighted by atomic mass is 14.7. The maximum absolute atomic E-state index is 5.82. The van der Waals surface area contributed by atoms with E-state index < -0.39 is 0 Å². The van der Waals surface area contributed by atoms with Crippen molar-refractivity contribution in [3.05, 3.63) is 0 Å². The Balaban J connectivity index is 2.05. The van der Waals surface area contributed by atoms with Gasteiger partial charge in [0.25, 0.3) is 0 Å². The van der Waals surface area contributed by atoms with Crippen LogP contribution in [0.2, 0.25) is 0 Å². The molecule has 1 nitrogen and oxygen atoms in total. The minimum atomic E-state index is 0.578. The summed E-state index contributed by atoms with van der Waals surface area (Å²) in [4.78, 5) is 0. The van der Waals surface area contributed by atoms with Crippen LogP contribution in [0.3, 0.4) is 0 Å². The second-order valence-electron chi connectivity index (χ2n) is 3.24. The van der Waals surface area contributed by atoms with Gasteiger partial charge in [-0.25, -0.2) is 0 Å². The van der Waals surface area contributed by atoms with Crippen LogP contribution in [0, 0.1) is 11.8 Å². The van der Waals surface area contributed by atoms with E-state index in [1.54, 1.807) is 0 Å². The topological polar surface area (TPSA) is 26.0 Å². The third-order valence-electron chi connectivity index (χ3n) is 2.90. The highest BCUT2D eigenvalue weighted by Gasteiger charge is 2.39. The van der Waals surface area contributed by atoms with Crippen molar-refractivity contribution in [1.82, 2.24) is 0 Å². The van der Waals surface area contributed by atoms with Gasteiger partial charge < -0.3 is 5.73 Å². The molecule has 1 heteroatoms. The van der Waals surface area contributed by atoms with Crippen LogP contribution in [0.5, 0.6) is 0 Å². The van der Waals surface area contributed by atoms with E-state index in [1.807, 2.05) is 0 Å². The highest BCUT2D eigenvalue weighted by molar-refractivity contribution is 4.94. The summed E-state index contributed by atoms with van der Waals surface area (Å²) in [6.45, 7) is 0. The Hall–Kier alpha value is -0.0400. The summed E-state index contributed by atoms with van der Waals surface area (Å²) < 4.78 is 0. The van der Waals surface area contributed by atoms with Gasteiger partial charge in [0.15, 0.2) is 0 Å².